The molecule has 2 nitrogen and oxygen atoms in total. The summed E-state index contributed by atoms with van der Waals surface area (Å²) >= 11 is 12.0. The molecule has 0 saturated carbocycles. The van der Waals surface area contributed by atoms with Gasteiger partial charge in [0.05, 0.1) is 0 Å². The zero-order valence-electron chi connectivity index (χ0n) is 10.2. The lowest BCUT2D eigenvalue weighted by molar-refractivity contribution is 0.841. The van der Waals surface area contributed by atoms with E-state index in [0.717, 1.165) is 34.9 Å². The second kappa shape index (κ2) is 6.17. The van der Waals surface area contributed by atoms with E-state index in [0.29, 0.717) is 11.6 Å². The van der Waals surface area contributed by atoms with Crippen molar-refractivity contribution >= 4 is 23.2 Å². The van der Waals surface area contributed by atoms with Crippen molar-refractivity contribution in [3.63, 3.8) is 0 Å². The molecule has 0 amide bonds. The number of nitrogens with zero attached hydrogens (tertiary/aromatic N) is 2. The van der Waals surface area contributed by atoms with Gasteiger partial charge >= 0.3 is 0 Å². The highest BCUT2D eigenvalue weighted by molar-refractivity contribution is 6.30. The van der Waals surface area contributed by atoms with Crippen LogP contribution in [0.4, 0.5) is 0 Å². The number of hydrogen-bond donors (Lipinski definition) is 0. The van der Waals surface area contributed by atoms with Crippen LogP contribution >= 0.6 is 23.2 Å². The van der Waals surface area contributed by atoms with E-state index in [1.165, 1.54) is 0 Å². The second-order valence-corrected chi connectivity index (χ2v) is 4.98. The molecule has 1 aromatic carbocycles. The van der Waals surface area contributed by atoms with Gasteiger partial charge in [-0.3, -0.25) is 0 Å². The average Bonchev–Trinajstić information content (AvgIpc) is 2.28. The molecule has 0 aliphatic rings. The van der Waals surface area contributed by atoms with E-state index >= 15 is 0 Å². The van der Waals surface area contributed by atoms with Crippen LogP contribution in [-0.4, -0.2) is 9.97 Å². The molecule has 0 fully saturated rings. The molecule has 0 aliphatic heterocycles. The summed E-state index contributed by atoms with van der Waals surface area (Å²) in [5.41, 5.74) is 2.08. The number of hydrogen-bond acceptors (Lipinski definition) is 2. The molecule has 0 atom stereocenters. The topological polar surface area (TPSA) is 25.8 Å². The maximum absolute atomic E-state index is 6.01. The average molecular weight is 281 g/mol. The zero-order valence-corrected chi connectivity index (χ0v) is 11.7. The summed E-state index contributed by atoms with van der Waals surface area (Å²) in [4.78, 5) is 8.76. The molecule has 0 bridgehead atoms. The van der Waals surface area contributed by atoms with Crippen LogP contribution in [0.2, 0.25) is 10.2 Å². The summed E-state index contributed by atoms with van der Waals surface area (Å²) in [5.74, 6) is 0.744. The lowest BCUT2D eigenvalue weighted by Crippen LogP contribution is -2.01. The predicted octanol–water partition coefficient (Wildman–Crippen LogP) is 4.33. The van der Waals surface area contributed by atoms with Crippen LogP contribution < -0.4 is 0 Å². The van der Waals surface area contributed by atoms with Gasteiger partial charge in [-0.1, -0.05) is 48.7 Å². The van der Waals surface area contributed by atoms with Crippen molar-refractivity contribution in [1.82, 2.24) is 9.97 Å². The van der Waals surface area contributed by atoms with Crippen LogP contribution in [0.5, 0.6) is 0 Å². The molecule has 0 unspecified atom stereocenters. The first-order chi connectivity index (χ1) is 8.67. The fourth-order valence-corrected chi connectivity index (χ4v) is 2.25. The number of rotatable bonds is 4. The second-order valence-electron chi connectivity index (χ2n) is 4.15. The van der Waals surface area contributed by atoms with Crippen molar-refractivity contribution in [2.24, 2.45) is 0 Å². The molecule has 94 valence electrons. The Bertz CT molecular complexity index is 541. The molecular formula is C14H14Cl2N2. The van der Waals surface area contributed by atoms with Gasteiger partial charge in [-0.15, -0.1) is 0 Å². The first kappa shape index (κ1) is 13.3. The van der Waals surface area contributed by atoms with Gasteiger partial charge in [0.2, 0.25) is 0 Å². The van der Waals surface area contributed by atoms with E-state index in [9.17, 15) is 0 Å². The summed E-state index contributed by atoms with van der Waals surface area (Å²) in [5, 5.41) is 1.23. The van der Waals surface area contributed by atoms with Crippen molar-refractivity contribution in [3.05, 3.63) is 57.6 Å². The molecule has 0 saturated heterocycles. The summed E-state index contributed by atoms with van der Waals surface area (Å²) in [6.07, 6.45) is 2.62. The van der Waals surface area contributed by atoms with Gasteiger partial charge in [0.25, 0.3) is 0 Å². The molecule has 4 heteroatoms. The van der Waals surface area contributed by atoms with Crippen LogP contribution in [0.3, 0.4) is 0 Å². The Morgan fingerprint density at radius 3 is 2.67 bits per heavy atom. The highest BCUT2D eigenvalue weighted by atomic mass is 35.5. The highest BCUT2D eigenvalue weighted by Crippen LogP contribution is 2.15. The molecule has 0 N–H and O–H groups in total. The molecule has 0 aliphatic carbocycles. The van der Waals surface area contributed by atoms with E-state index in [4.69, 9.17) is 23.2 Å². The Labute approximate surface area is 117 Å². The third-order valence-corrected chi connectivity index (χ3v) is 2.98. The van der Waals surface area contributed by atoms with Gasteiger partial charge in [0, 0.05) is 17.1 Å². The lowest BCUT2D eigenvalue weighted by atomic mass is 10.1. The molecular weight excluding hydrogens is 267 g/mol. The Morgan fingerprint density at radius 1 is 1.11 bits per heavy atom. The quantitative estimate of drug-likeness (QED) is 0.780. The molecule has 18 heavy (non-hydrogen) atoms. The Morgan fingerprint density at radius 2 is 1.94 bits per heavy atom. The molecule has 1 aromatic heterocycles. The monoisotopic (exact) mass is 280 g/mol. The van der Waals surface area contributed by atoms with Gasteiger partial charge in [0.1, 0.15) is 11.0 Å². The van der Waals surface area contributed by atoms with Gasteiger partial charge in [-0.05, 0) is 30.2 Å². The first-order valence-corrected chi connectivity index (χ1v) is 6.69. The standard InChI is InChI=1S/C14H14Cl2N2/c1-2-4-12-9-13(16)18-14(17-12)8-10-5-3-6-11(15)7-10/h3,5-7,9H,2,4,8H2,1H3. The number of aromatic nitrogens is 2. The molecule has 0 spiro atoms. The minimum Gasteiger partial charge on any atom is -0.237 e. The Hall–Kier alpha value is -1.12. The third kappa shape index (κ3) is 3.69. The first-order valence-electron chi connectivity index (χ1n) is 5.94. The minimum absolute atomic E-state index is 0.505. The van der Waals surface area contributed by atoms with E-state index in [1.54, 1.807) is 0 Å². The van der Waals surface area contributed by atoms with Gasteiger partial charge in [-0.2, -0.15) is 0 Å². The molecule has 0 radical (unpaired) electrons. The number of halogens is 2. The smallest absolute Gasteiger partial charge is 0.134 e. The van der Waals surface area contributed by atoms with Crippen molar-refractivity contribution in [1.29, 1.82) is 0 Å². The van der Waals surface area contributed by atoms with Crippen molar-refractivity contribution < 1.29 is 0 Å². The zero-order chi connectivity index (χ0) is 13.0. The van der Waals surface area contributed by atoms with Crippen molar-refractivity contribution in [3.8, 4) is 0 Å². The summed E-state index contributed by atoms with van der Waals surface area (Å²) < 4.78 is 0. The third-order valence-electron chi connectivity index (χ3n) is 2.55. The molecule has 1 heterocycles. The van der Waals surface area contributed by atoms with Crippen LogP contribution in [0.15, 0.2) is 30.3 Å². The lowest BCUT2D eigenvalue weighted by Gasteiger charge is -2.05. The van der Waals surface area contributed by atoms with Crippen molar-refractivity contribution in [2.75, 3.05) is 0 Å². The van der Waals surface area contributed by atoms with E-state index in [1.807, 2.05) is 30.3 Å². The number of benzene rings is 1. The molecule has 2 aromatic rings. The van der Waals surface area contributed by atoms with E-state index in [2.05, 4.69) is 16.9 Å². The summed E-state index contributed by atoms with van der Waals surface area (Å²) in [7, 11) is 0. The molecule has 2 rings (SSSR count). The maximum atomic E-state index is 6.01. The van der Waals surface area contributed by atoms with Crippen LogP contribution in [0.1, 0.15) is 30.4 Å². The fraction of sp³-hybridized carbons (Fsp3) is 0.286. The predicted molar refractivity (Wildman–Crippen MR) is 75.3 cm³/mol. The number of aryl methyl sites for hydroxylation is 1. The normalized spacial score (nSPS) is 10.6. The van der Waals surface area contributed by atoms with Gasteiger partial charge in [-0.25, -0.2) is 9.97 Å². The van der Waals surface area contributed by atoms with Crippen LogP contribution in [-0.2, 0) is 12.8 Å². The largest absolute Gasteiger partial charge is 0.237 e. The minimum atomic E-state index is 0.505. The highest BCUT2D eigenvalue weighted by Gasteiger charge is 2.04. The summed E-state index contributed by atoms with van der Waals surface area (Å²) in [6.45, 7) is 2.12. The Balaban J connectivity index is 2.23. The SMILES string of the molecule is CCCc1cc(Cl)nc(Cc2cccc(Cl)c2)n1. The van der Waals surface area contributed by atoms with Gasteiger partial charge < -0.3 is 0 Å². The maximum Gasteiger partial charge on any atom is 0.134 e. The van der Waals surface area contributed by atoms with Gasteiger partial charge in [0.15, 0.2) is 0 Å². The van der Waals surface area contributed by atoms with Crippen LogP contribution in [0, 0.1) is 0 Å². The Kier molecular flexibility index (Phi) is 4.56. The summed E-state index contributed by atoms with van der Waals surface area (Å²) in [6, 6.07) is 9.54. The van der Waals surface area contributed by atoms with E-state index in [-0.39, 0.29) is 0 Å². The van der Waals surface area contributed by atoms with E-state index < -0.39 is 0 Å². The van der Waals surface area contributed by atoms with Crippen molar-refractivity contribution in [2.45, 2.75) is 26.2 Å². The van der Waals surface area contributed by atoms with Crippen LogP contribution in [0.25, 0.3) is 0 Å². The fourth-order valence-electron chi connectivity index (χ4n) is 1.81.